The van der Waals surface area contributed by atoms with Crippen molar-refractivity contribution in [1.29, 1.82) is 0 Å². The first-order valence-electron chi connectivity index (χ1n) is 8.04. The number of aromatic nitrogens is 2. The number of hydrogen-bond donors (Lipinski definition) is 0. The van der Waals surface area contributed by atoms with Crippen molar-refractivity contribution < 1.29 is 4.79 Å². The molecule has 3 atom stereocenters. The highest BCUT2D eigenvalue weighted by atomic mass is 32.1. The average molecular weight is 306 g/mol. The molecule has 21 heavy (non-hydrogen) atoms. The van der Waals surface area contributed by atoms with Gasteiger partial charge in [0.2, 0.25) is 11.0 Å². The monoisotopic (exact) mass is 306 g/mol. The summed E-state index contributed by atoms with van der Waals surface area (Å²) in [5.41, 5.74) is 0. The van der Waals surface area contributed by atoms with Gasteiger partial charge in [0.15, 0.2) is 0 Å². The largest absolute Gasteiger partial charge is 0.346 e. The molecule has 0 aromatic carbocycles. The van der Waals surface area contributed by atoms with Gasteiger partial charge in [0, 0.05) is 26.2 Å². The van der Waals surface area contributed by atoms with Crippen LogP contribution < -0.4 is 4.90 Å². The first-order chi connectivity index (χ1) is 10.2. The Morgan fingerprint density at radius 3 is 2.57 bits per heavy atom. The van der Waals surface area contributed by atoms with E-state index in [-0.39, 0.29) is 5.92 Å². The molecule has 2 saturated heterocycles. The van der Waals surface area contributed by atoms with Crippen LogP contribution in [-0.2, 0) is 4.79 Å². The standard InChI is InChI=1S/C15H22N4OS/c1-10-16-17-15(21-10)18-6-5-13(9-18)14(20)19-7-11-3-2-4-12(11)8-19/h11-13H,2-9H2,1H3. The van der Waals surface area contributed by atoms with Gasteiger partial charge >= 0.3 is 0 Å². The summed E-state index contributed by atoms with van der Waals surface area (Å²) in [4.78, 5) is 17.1. The van der Waals surface area contributed by atoms with Gasteiger partial charge in [-0.05, 0) is 38.0 Å². The SMILES string of the molecule is Cc1nnc(N2CCC(C(=O)N3CC4CCCC4C3)C2)s1. The molecule has 1 saturated carbocycles. The maximum absolute atomic E-state index is 12.7. The maximum atomic E-state index is 12.7. The molecule has 3 unspecified atom stereocenters. The smallest absolute Gasteiger partial charge is 0.227 e. The summed E-state index contributed by atoms with van der Waals surface area (Å²) in [5.74, 6) is 2.12. The van der Waals surface area contributed by atoms with Crippen molar-refractivity contribution in [2.45, 2.75) is 32.6 Å². The van der Waals surface area contributed by atoms with Crippen molar-refractivity contribution in [3.8, 4) is 0 Å². The van der Waals surface area contributed by atoms with E-state index in [0.717, 1.165) is 54.6 Å². The van der Waals surface area contributed by atoms with E-state index in [2.05, 4.69) is 20.0 Å². The molecular formula is C15H22N4OS. The van der Waals surface area contributed by atoms with Gasteiger partial charge in [0.1, 0.15) is 5.01 Å². The number of hydrogen-bond acceptors (Lipinski definition) is 5. The van der Waals surface area contributed by atoms with Gasteiger partial charge in [-0.25, -0.2) is 0 Å². The minimum Gasteiger partial charge on any atom is -0.346 e. The summed E-state index contributed by atoms with van der Waals surface area (Å²) >= 11 is 1.62. The molecule has 1 amide bonds. The van der Waals surface area contributed by atoms with Crippen molar-refractivity contribution >= 4 is 22.4 Å². The minimum atomic E-state index is 0.160. The zero-order valence-corrected chi connectivity index (χ0v) is 13.3. The van der Waals surface area contributed by atoms with E-state index in [1.807, 2.05) is 6.92 Å². The van der Waals surface area contributed by atoms with Crippen LogP contribution in [-0.4, -0.2) is 47.2 Å². The molecule has 0 radical (unpaired) electrons. The second-order valence-corrected chi connectivity index (χ2v) is 7.89. The predicted octanol–water partition coefficient (Wildman–Crippen LogP) is 1.93. The molecule has 0 bridgehead atoms. The van der Waals surface area contributed by atoms with Crippen molar-refractivity contribution in [2.75, 3.05) is 31.1 Å². The highest BCUT2D eigenvalue weighted by Crippen LogP contribution is 2.38. The topological polar surface area (TPSA) is 49.3 Å². The molecule has 1 aromatic heterocycles. The molecule has 5 nitrogen and oxygen atoms in total. The first-order valence-corrected chi connectivity index (χ1v) is 8.86. The molecule has 4 rings (SSSR count). The Kier molecular flexibility index (Phi) is 3.36. The fourth-order valence-corrected chi connectivity index (χ4v) is 4.95. The van der Waals surface area contributed by atoms with Crippen LogP contribution in [0.1, 0.15) is 30.7 Å². The Hall–Kier alpha value is -1.17. The number of amides is 1. The molecule has 1 aromatic rings. The van der Waals surface area contributed by atoms with Crippen LogP contribution in [0.15, 0.2) is 0 Å². The lowest BCUT2D eigenvalue weighted by molar-refractivity contribution is -0.134. The van der Waals surface area contributed by atoms with Gasteiger partial charge in [-0.1, -0.05) is 17.8 Å². The van der Waals surface area contributed by atoms with E-state index in [1.165, 1.54) is 19.3 Å². The van der Waals surface area contributed by atoms with Crippen LogP contribution in [0.4, 0.5) is 5.13 Å². The molecule has 0 N–H and O–H groups in total. The zero-order valence-electron chi connectivity index (χ0n) is 12.5. The lowest BCUT2D eigenvalue weighted by atomic mass is 10.0. The Bertz CT molecular complexity index is 534. The zero-order chi connectivity index (χ0) is 14.4. The Balaban J connectivity index is 1.38. The second-order valence-electron chi connectivity index (χ2n) is 6.73. The molecule has 3 heterocycles. The summed E-state index contributed by atoms with van der Waals surface area (Å²) in [6, 6.07) is 0. The number of carbonyl (C=O) groups excluding carboxylic acids is 1. The normalized spacial score (nSPS) is 32.0. The molecule has 6 heteroatoms. The Morgan fingerprint density at radius 2 is 1.90 bits per heavy atom. The third-order valence-electron chi connectivity index (χ3n) is 5.36. The molecule has 3 fully saturated rings. The van der Waals surface area contributed by atoms with E-state index < -0.39 is 0 Å². The number of anilines is 1. The van der Waals surface area contributed by atoms with Gasteiger partial charge in [0.25, 0.3) is 0 Å². The van der Waals surface area contributed by atoms with E-state index in [9.17, 15) is 4.79 Å². The van der Waals surface area contributed by atoms with Gasteiger partial charge in [-0.3, -0.25) is 4.79 Å². The Morgan fingerprint density at radius 1 is 1.14 bits per heavy atom. The van der Waals surface area contributed by atoms with Gasteiger partial charge in [-0.2, -0.15) is 0 Å². The van der Waals surface area contributed by atoms with E-state index in [4.69, 9.17) is 0 Å². The van der Waals surface area contributed by atoms with Crippen molar-refractivity contribution in [3.63, 3.8) is 0 Å². The molecule has 2 aliphatic heterocycles. The molecule has 114 valence electrons. The highest BCUT2D eigenvalue weighted by Gasteiger charge is 2.41. The highest BCUT2D eigenvalue weighted by molar-refractivity contribution is 7.15. The minimum absolute atomic E-state index is 0.160. The van der Waals surface area contributed by atoms with Gasteiger partial charge < -0.3 is 9.80 Å². The van der Waals surface area contributed by atoms with Crippen LogP contribution in [0.25, 0.3) is 0 Å². The Labute approximate surface area is 129 Å². The van der Waals surface area contributed by atoms with Crippen molar-refractivity contribution in [1.82, 2.24) is 15.1 Å². The maximum Gasteiger partial charge on any atom is 0.227 e. The van der Waals surface area contributed by atoms with Gasteiger partial charge in [-0.15, -0.1) is 10.2 Å². The summed E-state index contributed by atoms with van der Waals surface area (Å²) in [7, 11) is 0. The molecular weight excluding hydrogens is 284 g/mol. The number of rotatable bonds is 2. The number of likely N-dealkylation sites (tertiary alicyclic amines) is 1. The van der Waals surface area contributed by atoms with Gasteiger partial charge in [0.05, 0.1) is 5.92 Å². The van der Waals surface area contributed by atoms with E-state index in [0.29, 0.717) is 5.91 Å². The predicted molar refractivity (Wildman–Crippen MR) is 82.4 cm³/mol. The summed E-state index contributed by atoms with van der Waals surface area (Å²) in [5, 5.41) is 10.2. The third-order valence-corrected chi connectivity index (χ3v) is 6.26. The van der Waals surface area contributed by atoms with E-state index in [1.54, 1.807) is 11.3 Å². The lowest BCUT2D eigenvalue weighted by Crippen LogP contribution is -2.36. The van der Waals surface area contributed by atoms with Crippen LogP contribution in [0.5, 0.6) is 0 Å². The molecule has 0 spiro atoms. The number of nitrogens with zero attached hydrogens (tertiary/aromatic N) is 4. The fourth-order valence-electron chi connectivity index (χ4n) is 4.22. The number of fused-ring (bicyclic) bond motifs is 1. The lowest BCUT2D eigenvalue weighted by Gasteiger charge is -2.21. The third kappa shape index (κ3) is 2.43. The van der Waals surface area contributed by atoms with Crippen molar-refractivity contribution in [3.05, 3.63) is 5.01 Å². The summed E-state index contributed by atoms with van der Waals surface area (Å²) < 4.78 is 0. The molecule has 3 aliphatic rings. The number of aryl methyl sites for hydroxylation is 1. The van der Waals surface area contributed by atoms with Crippen LogP contribution >= 0.6 is 11.3 Å². The fraction of sp³-hybridized carbons (Fsp3) is 0.800. The van der Waals surface area contributed by atoms with Crippen molar-refractivity contribution in [2.24, 2.45) is 17.8 Å². The average Bonchev–Trinajstić information content (AvgIpc) is 3.20. The second kappa shape index (κ2) is 5.23. The first kappa shape index (κ1) is 13.5. The summed E-state index contributed by atoms with van der Waals surface area (Å²) in [6.07, 6.45) is 4.98. The summed E-state index contributed by atoms with van der Waals surface area (Å²) in [6.45, 7) is 5.75. The van der Waals surface area contributed by atoms with Crippen LogP contribution in [0.3, 0.4) is 0 Å². The van der Waals surface area contributed by atoms with Crippen LogP contribution in [0.2, 0.25) is 0 Å². The number of carbonyl (C=O) groups is 1. The molecule has 1 aliphatic carbocycles. The quantitative estimate of drug-likeness (QED) is 0.838. The van der Waals surface area contributed by atoms with E-state index >= 15 is 0 Å². The van der Waals surface area contributed by atoms with Crippen LogP contribution in [0, 0.1) is 24.7 Å².